The number of ether oxygens (including phenoxy) is 1. The fraction of sp³-hybridized carbons (Fsp3) is 0.0476. The molecule has 6 heteroatoms. The van der Waals surface area contributed by atoms with E-state index in [1.54, 1.807) is 11.8 Å². The molecule has 3 aromatic carbocycles. The predicted molar refractivity (Wildman–Crippen MR) is 101 cm³/mol. The predicted octanol–water partition coefficient (Wildman–Crippen LogP) is 4.81. The van der Waals surface area contributed by atoms with Crippen molar-refractivity contribution < 1.29 is 18.7 Å². The molecule has 0 fully saturated rings. The Morgan fingerprint density at radius 3 is 2.04 bits per heavy atom. The van der Waals surface area contributed by atoms with E-state index < -0.39 is 24.3 Å². The van der Waals surface area contributed by atoms with Gasteiger partial charge in [-0.25, -0.2) is 9.18 Å². The zero-order valence-electron chi connectivity index (χ0n) is 14.1. The summed E-state index contributed by atoms with van der Waals surface area (Å²) in [5.41, 5.74) is 1.27. The third kappa shape index (κ3) is 3.31. The number of esters is 1. The van der Waals surface area contributed by atoms with E-state index in [0.29, 0.717) is 0 Å². The number of fused-ring (bicyclic) bond motifs is 2. The van der Waals surface area contributed by atoms with Gasteiger partial charge in [0.2, 0.25) is 0 Å². The van der Waals surface area contributed by atoms with Crippen molar-refractivity contribution in [3.63, 3.8) is 0 Å². The number of hydrogen-bond acceptors (Lipinski definition) is 4. The molecule has 0 N–H and O–H groups in total. The molecule has 0 saturated heterocycles. The summed E-state index contributed by atoms with van der Waals surface area (Å²) in [5.74, 6) is -1.95. The lowest BCUT2D eigenvalue weighted by molar-refractivity contribution is -0.121. The van der Waals surface area contributed by atoms with Gasteiger partial charge in [0.05, 0.1) is 16.9 Å². The van der Waals surface area contributed by atoms with Gasteiger partial charge in [0.1, 0.15) is 5.82 Å². The second-order valence-corrected chi connectivity index (χ2v) is 6.91. The van der Waals surface area contributed by atoms with Crippen molar-refractivity contribution in [3.05, 3.63) is 84.2 Å². The maximum Gasteiger partial charge on any atom is 0.341 e. The summed E-state index contributed by atoms with van der Waals surface area (Å²) >= 11 is 1.58. The molecular formula is C21H14FNO3S. The highest BCUT2D eigenvalue weighted by Gasteiger charge is 2.28. The molecule has 3 aromatic rings. The Hall–Kier alpha value is -3.12. The van der Waals surface area contributed by atoms with Gasteiger partial charge in [-0.1, -0.05) is 48.2 Å². The molecule has 1 heterocycles. The number of nitrogens with zero attached hydrogens (tertiary/aromatic N) is 1. The highest BCUT2D eigenvalue weighted by atomic mass is 32.2. The molecule has 27 heavy (non-hydrogen) atoms. The van der Waals surface area contributed by atoms with Gasteiger partial charge >= 0.3 is 5.97 Å². The maximum atomic E-state index is 13.7. The molecule has 4 nitrogen and oxygen atoms in total. The molecule has 1 aliphatic heterocycles. The minimum Gasteiger partial charge on any atom is -0.452 e. The number of halogens is 1. The second-order valence-electron chi connectivity index (χ2n) is 5.82. The number of amides is 1. The molecular weight excluding hydrogens is 365 g/mol. The molecule has 0 aliphatic carbocycles. The molecule has 134 valence electrons. The van der Waals surface area contributed by atoms with Crippen LogP contribution in [0.3, 0.4) is 0 Å². The highest BCUT2D eigenvalue weighted by molar-refractivity contribution is 7.99. The quantitative estimate of drug-likeness (QED) is 0.613. The fourth-order valence-electron chi connectivity index (χ4n) is 2.87. The first kappa shape index (κ1) is 17.3. The summed E-state index contributed by atoms with van der Waals surface area (Å²) in [6.07, 6.45) is 0. The molecule has 0 aromatic heterocycles. The van der Waals surface area contributed by atoms with Crippen molar-refractivity contribution in [2.45, 2.75) is 9.79 Å². The molecule has 4 rings (SSSR count). The average Bonchev–Trinajstić information content (AvgIpc) is 2.70. The number of para-hydroxylation sites is 2. The van der Waals surface area contributed by atoms with Crippen LogP contribution in [0.15, 0.2) is 82.6 Å². The molecule has 0 bridgehead atoms. The zero-order chi connectivity index (χ0) is 18.8. The van der Waals surface area contributed by atoms with Crippen molar-refractivity contribution >= 4 is 35.0 Å². The van der Waals surface area contributed by atoms with E-state index in [1.165, 1.54) is 29.2 Å². The molecule has 0 spiro atoms. The van der Waals surface area contributed by atoms with Crippen LogP contribution in [0.4, 0.5) is 15.8 Å². The Labute approximate surface area is 159 Å². The van der Waals surface area contributed by atoms with Gasteiger partial charge < -0.3 is 4.74 Å². The van der Waals surface area contributed by atoms with Crippen molar-refractivity contribution in [2.24, 2.45) is 0 Å². The van der Waals surface area contributed by atoms with E-state index in [9.17, 15) is 14.0 Å². The van der Waals surface area contributed by atoms with Crippen molar-refractivity contribution in [1.29, 1.82) is 0 Å². The summed E-state index contributed by atoms with van der Waals surface area (Å²) < 4.78 is 18.8. The largest absolute Gasteiger partial charge is 0.452 e. The number of benzene rings is 3. The maximum absolute atomic E-state index is 13.7. The van der Waals surface area contributed by atoms with E-state index in [0.717, 1.165) is 21.2 Å². The average molecular weight is 379 g/mol. The zero-order valence-corrected chi connectivity index (χ0v) is 14.9. The molecule has 0 unspecified atom stereocenters. The van der Waals surface area contributed by atoms with Crippen molar-refractivity contribution in [3.8, 4) is 0 Å². The van der Waals surface area contributed by atoms with Crippen LogP contribution in [0.25, 0.3) is 0 Å². The van der Waals surface area contributed by atoms with Crippen molar-refractivity contribution in [1.82, 2.24) is 0 Å². The lowest BCUT2D eigenvalue weighted by Gasteiger charge is -2.30. The van der Waals surface area contributed by atoms with Gasteiger partial charge in [-0.15, -0.1) is 0 Å². The highest BCUT2D eigenvalue weighted by Crippen LogP contribution is 2.47. The Balaban J connectivity index is 1.59. The first-order chi connectivity index (χ1) is 13.1. The minimum atomic E-state index is -0.866. The molecule has 0 atom stereocenters. The van der Waals surface area contributed by atoms with Gasteiger partial charge in [-0.2, -0.15) is 0 Å². The topological polar surface area (TPSA) is 46.6 Å². The number of carbonyl (C=O) groups is 2. The van der Waals surface area contributed by atoms with Crippen LogP contribution in [-0.4, -0.2) is 18.5 Å². The normalized spacial score (nSPS) is 12.1. The SMILES string of the molecule is O=C(OCC(=O)N1c2ccccc2Sc2ccccc21)c1ccccc1F. The number of anilines is 2. The number of rotatable bonds is 3. The van der Waals surface area contributed by atoms with Gasteiger partial charge in [0.15, 0.2) is 6.61 Å². The van der Waals surface area contributed by atoms with Crippen LogP contribution < -0.4 is 4.90 Å². The Morgan fingerprint density at radius 1 is 0.852 bits per heavy atom. The third-order valence-electron chi connectivity index (χ3n) is 4.10. The monoisotopic (exact) mass is 379 g/mol. The molecule has 0 radical (unpaired) electrons. The molecule has 1 amide bonds. The van der Waals surface area contributed by atoms with Gasteiger partial charge in [-0.05, 0) is 36.4 Å². The van der Waals surface area contributed by atoms with E-state index in [4.69, 9.17) is 4.74 Å². The Bertz CT molecular complexity index is 992. The van der Waals surface area contributed by atoms with Gasteiger partial charge in [-0.3, -0.25) is 9.69 Å². The van der Waals surface area contributed by atoms with E-state index in [-0.39, 0.29) is 5.56 Å². The lowest BCUT2D eigenvalue weighted by Crippen LogP contribution is -2.32. The first-order valence-corrected chi connectivity index (χ1v) is 9.07. The molecule has 0 saturated carbocycles. The van der Waals surface area contributed by atoms with Crippen LogP contribution in [0.2, 0.25) is 0 Å². The Kier molecular flexibility index (Phi) is 4.64. The lowest BCUT2D eigenvalue weighted by atomic mass is 10.2. The summed E-state index contributed by atoms with van der Waals surface area (Å²) in [4.78, 5) is 28.4. The van der Waals surface area contributed by atoms with E-state index in [1.807, 2.05) is 48.5 Å². The van der Waals surface area contributed by atoms with Crippen LogP contribution in [0, 0.1) is 5.82 Å². The first-order valence-electron chi connectivity index (χ1n) is 8.25. The third-order valence-corrected chi connectivity index (χ3v) is 5.23. The Morgan fingerprint density at radius 2 is 1.41 bits per heavy atom. The fourth-order valence-corrected chi connectivity index (χ4v) is 3.93. The van der Waals surface area contributed by atoms with Gasteiger partial charge in [0, 0.05) is 9.79 Å². The minimum absolute atomic E-state index is 0.194. The standard InChI is InChI=1S/C21H14FNO3S/c22-15-8-2-1-7-14(15)21(25)26-13-20(24)23-16-9-3-5-11-18(16)27-19-12-6-4-10-17(19)23/h1-12H,13H2. The summed E-state index contributed by atoms with van der Waals surface area (Å²) in [6.45, 7) is -0.486. The molecule has 1 aliphatic rings. The summed E-state index contributed by atoms with van der Waals surface area (Å²) in [6, 6.07) is 20.6. The number of hydrogen-bond donors (Lipinski definition) is 0. The summed E-state index contributed by atoms with van der Waals surface area (Å²) in [7, 11) is 0. The van der Waals surface area contributed by atoms with Crippen molar-refractivity contribution in [2.75, 3.05) is 11.5 Å². The summed E-state index contributed by atoms with van der Waals surface area (Å²) in [5, 5.41) is 0. The van der Waals surface area contributed by atoms with Crippen LogP contribution in [0.5, 0.6) is 0 Å². The number of carbonyl (C=O) groups excluding carboxylic acids is 2. The van der Waals surface area contributed by atoms with Gasteiger partial charge in [0.25, 0.3) is 5.91 Å². The smallest absolute Gasteiger partial charge is 0.341 e. The van der Waals surface area contributed by atoms with E-state index >= 15 is 0 Å². The van der Waals surface area contributed by atoms with Crippen LogP contribution in [-0.2, 0) is 9.53 Å². The van der Waals surface area contributed by atoms with E-state index in [2.05, 4.69) is 0 Å². The van der Waals surface area contributed by atoms with Crippen LogP contribution in [0.1, 0.15) is 10.4 Å². The van der Waals surface area contributed by atoms with Crippen LogP contribution >= 0.6 is 11.8 Å². The second kappa shape index (κ2) is 7.25.